The quantitative estimate of drug-likeness (QED) is 0.893. The van der Waals surface area contributed by atoms with Crippen LogP contribution in [0.25, 0.3) is 11.0 Å². The molecular weight excluding hydrogens is 252 g/mol. The van der Waals surface area contributed by atoms with Crippen LogP contribution >= 0.6 is 12.4 Å². The van der Waals surface area contributed by atoms with Gasteiger partial charge in [-0.2, -0.15) is 0 Å². The molecule has 4 nitrogen and oxygen atoms in total. The summed E-state index contributed by atoms with van der Waals surface area (Å²) in [6.45, 7) is 1.74. The van der Waals surface area contributed by atoms with Crippen molar-refractivity contribution in [3.8, 4) is 0 Å². The van der Waals surface area contributed by atoms with E-state index >= 15 is 0 Å². The van der Waals surface area contributed by atoms with Crippen molar-refractivity contribution in [3.63, 3.8) is 0 Å². The number of amides is 1. The van der Waals surface area contributed by atoms with E-state index in [2.05, 4.69) is 10.6 Å². The Morgan fingerprint density at radius 3 is 3.00 bits per heavy atom. The van der Waals surface area contributed by atoms with E-state index in [4.69, 9.17) is 4.42 Å². The number of halogens is 1. The molecule has 0 aliphatic carbocycles. The van der Waals surface area contributed by atoms with E-state index < -0.39 is 0 Å². The van der Waals surface area contributed by atoms with Crippen LogP contribution in [-0.2, 0) is 0 Å². The number of carbonyl (C=O) groups excluding carboxylic acids is 1. The predicted octanol–water partition coefficient (Wildman–Crippen LogP) is 1.95. The normalized spacial score (nSPS) is 17.9. The maximum Gasteiger partial charge on any atom is 0.252 e. The van der Waals surface area contributed by atoms with E-state index in [-0.39, 0.29) is 18.3 Å². The van der Waals surface area contributed by atoms with E-state index in [9.17, 15) is 4.79 Å². The van der Waals surface area contributed by atoms with Crippen LogP contribution in [0.3, 0.4) is 0 Å². The minimum Gasteiger partial charge on any atom is -0.464 e. The molecule has 5 heteroatoms. The molecule has 1 amide bonds. The second-order valence-corrected chi connectivity index (χ2v) is 4.29. The van der Waals surface area contributed by atoms with Crippen molar-refractivity contribution in [1.29, 1.82) is 0 Å². The zero-order valence-electron chi connectivity index (χ0n) is 9.81. The Morgan fingerprint density at radius 1 is 1.44 bits per heavy atom. The first-order valence-corrected chi connectivity index (χ1v) is 5.82. The lowest BCUT2D eigenvalue weighted by Gasteiger charge is -2.27. The lowest BCUT2D eigenvalue weighted by atomic mass is 10.1. The number of hydrogen-bond donors (Lipinski definition) is 2. The predicted molar refractivity (Wildman–Crippen MR) is 72.2 cm³/mol. The molecule has 2 heterocycles. The maximum atomic E-state index is 12.0. The van der Waals surface area contributed by atoms with Crippen molar-refractivity contribution in [3.05, 3.63) is 36.1 Å². The van der Waals surface area contributed by atoms with Gasteiger partial charge < -0.3 is 15.1 Å². The number of rotatable bonds is 3. The highest BCUT2D eigenvalue weighted by molar-refractivity contribution is 6.05. The summed E-state index contributed by atoms with van der Waals surface area (Å²) in [5, 5.41) is 7.06. The van der Waals surface area contributed by atoms with Crippen molar-refractivity contribution < 1.29 is 9.21 Å². The molecular formula is C13H15ClN2O2. The van der Waals surface area contributed by atoms with Gasteiger partial charge in [0.2, 0.25) is 0 Å². The molecule has 1 atom stereocenters. The smallest absolute Gasteiger partial charge is 0.252 e. The highest BCUT2D eigenvalue weighted by Crippen LogP contribution is 2.19. The summed E-state index contributed by atoms with van der Waals surface area (Å²) < 4.78 is 5.27. The van der Waals surface area contributed by atoms with Crippen molar-refractivity contribution in [2.45, 2.75) is 12.5 Å². The van der Waals surface area contributed by atoms with Gasteiger partial charge >= 0.3 is 0 Å². The fourth-order valence-electron chi connectivity index (χ4n) is 2.03. The van der Waals surface area contributed by atoms with Crippen LogP contribution in [0.4, 0.5) is 0 Å². The standard InChI is InChI=1S/C13H14N2O2.ClH/c16-13(15-8-9-4-6-14-9)11-2-1-3-12-10(11)5-7-17-12;/h1-3,5,7,9,14H,4,6,8H2,(H,15,16);1H/t9-;/m0./s1. The van der Waals surface area contributed by atoms with E-state index in [1.807, 2.05) is 24.3 Å². The molecule has 1 aromatic carbocycles. The number of hydrogen-bond acceptors (Lipinski definition) is 3. The summed E-state index contributed by atoms with van der Waals surface area (Å²) in [5.74, 6) is -0.0364. The molecule has 96 valence electrons. The third-order valence-electron chi connectivity index (χ3n) is 3.18. The van der Waals surface area contributed by atoms with Crippen molar-refractivity contribution in [1.82, 2.24) is 10.6 Å². The van der Waals surface area contributed by atoms with Gasteiger partial charge in [-0.25, -0.2) is 0 Å². The molecule has 2 N–H and O–H groups in total. The Morgan fingerprint density at radius 2 is 2.28 bits per heavy atom. The van der Waals surface area contributed by atoms with Gasteiger partial charge in [0.15, 0.2) is 0 Å². The average molecular weight is 267 g/mol. The summed E-state index contributed by atoms with van der Waals surface area (Å²) in [4.78, 5) is 12.0. The third kappa shape index (κ3) is 2.35. The molecule has 1 aliphatic heterocycles. The van der Waals surface area contributed by atoms with E-state index in [1.54, 1.807) is 6.26 Å². The molecule has 0 saturated carbocycles. The van der Waals surface area contributed by atoms with Crippen molar-refractivity contribution >= 4 is 29.3 Å². The van der Waals surface area contributed by atoms with Gasteiger partial charge in [0, 0.05) is 18.0 Å². The minimum atomic E-state index is -0.0364. The SMILES string of the molecule is Cl.O=C(NC[C@@H]1CCN1)c1cccc2occc12. The summed E-state index contributed by atoms with van der Waals surface area (Å²) in [6, 6.07) is 7.78. The van der Waals surface area contributed by atoms with Crippen LogP contribution in [-0.4, -0.2) is 25.0 Å². The highest BCUT2D eigenvalue weighted by Gasteiger charge is 2.18. The van der Waals surface area contributed by atoms with Gasteiger partial charge in [0.1, 0.15) is 5.58 Å². The Labute approximate surface area is 111 Å². The molecule has 0 unspecified atom stereocenters. The largest absolute Gasteiger partial charge is 0.464 e. The van der Waals surface area contributed by atoms with Crippen molar-refractivity contribution in [2.24, 2.45) is 0 Å². The first kappa shape index (κ1) is 12.9. The molecule has 2 aromatic rings. The third-order valence-corrected chi connectivity index (χ3v) is 3.18. The van der Waals surface area contributed by atoms with Gasteiger partial charge in [-0.1, -0.05) is 6.07 Å². The fraction of sp³-hybridized carbons (Fsp3) is 0.308. The van der Waals surface area contributed by atoms with Gasteiger partial charge in [-0.15, -0.1) is 12.4 Å². The molecule has 1 aliphatic rings. The van der Waals surface area contributed by atoms with E-state index in [0.717, 1.165) is 23.9 Å². The molecule has 1 aromatic heterocycles. The zero-order chi connectivity index (χ0) is 11.7. The number of nitrogens with one attached hydrogen (secondary N) is 2. The monoisotopic (exact) mass is 266 g/mol. The first-order chi connectivity index (χ1) is 8.34. The topological polar surface area (TPSA) is 54.3 Å². The van der Waals surface area contributed by atoms with E-state index in [0.29, 0.717) is 18.2 Å². The Bertz CT molecular complexity index is 549. The molecule has 1 saturated heterocycles. The Kier molecular flexibility index (Phi) is 3.89. The molecule has 0 radical (unpaired) electrons. The lowest BCUT2D eigenvalue weighted by Crippen LogP contribution is -2.50. The van der Waals surface area contributed by atoms with E-state index in [1.165, 1.54) is 0 Å². The second kappa shape index (κ2) is 5.42. The summed E-state index contributed by atoms with van der Waals surface area (Å²) >= 11 is 0. The zero-order valence-corrected chi connectivity index (χ0v) is 10.6. The summed E-state index contributed by atoms with van der Waals surface area (Å²) in [5.41, 5.74) is 1.43. The average Bonchev–Trinajstić information content (AvgIpc) is 2.74. The fourth-order valence-corrected chi connectivity index (χ4v) is 2.03. The molecule has 18 heavy (non-hydrogen) atoms. The molecule has 1 fully saturated rings. The van der Waals surface area contributed by atoms with Crippen LogP contribution in [0, 0.1) is 0 Å². The van der Waals surface area contributed by atoms with Gasteiger partial charge in [0.05, 0.1) is 11.8 Å². The van der Waals surface area contributed by atoms with Crippen LogP contribution in [0.15, 0.2) is 34.9 Å². The minimum absolute atomic E-state index is 0. The number of benzene rings is 1. The number of fused-ring (bicyclic) bond motifs is 1. The van der Waals surface area contributed by atoms with Crippen molar-refractivity contribution in [2.75, 3.05) is 13.1 Å². The van der Waals surface area contributed by atoms with Gasteiger partial charge in [-0.05, 0) is 31.2 Å². The highest BCUT2D eigenvalue weighted by atomic mass is 35.5. The van der Waals surface area contributed by atoms with Crippen LogP contribution in [0.1, 0.15) is 16.8 Å². The van der Waals surface area contributed by atoms with Crippen LogP contribution < -0.4 is 10.6 Å². The summed E-state index contributed by atoms with van der Waals surface area (Å²) in [6.07, 6.45) is 2.74. The molecule has 0 bridgehead atoms. The van der Waals surface area contributed by atoms with Crippen LogP contribution in [0.5, 0.6) is 0 Å². The van der Waals surface area contributed by atoms with Gasteiger partial charge in [-0.3, -0.25) is 4.79 Å². The maximum absolute atomic E-state index is 12.0. The Hall–Kier alpha value is -1.52. The molecule has 0 spiro atoms. The van der Waals surface area contributed by atoms with Gasteiger partial charge in [0.25, 0.3) is 5.91 Å². The summed E-state index contributed by atoms with van der Waals surface area (Å²) in [7, 11) is 0. The lowest BCUT2D eigenvalue weighted by molar-refractivity contribution is 0.0947. The Balaban J connectivity index is 0.00000120. The van der Waals surface area contributed by atoms with Crippen LogP contribution in [0.2, 0.25) is 0 Å². The molecule has 3 rings (SSSR count). The second-order valence-electron chi connectivity index (χ2n) is 4.29. The number of carbonyl (C=O) groups is 1. The number of furan rings is 1. The first-order valence-electron chi connectivity index (χ1n) is 5.82.